The summed E-state index contributed by atoms with van der Waals surface area (Å²) < 4.78 is 16.2. The van der Waals surface area contributed by atoms with Crippen LogP contribution in [-0.2, 0) is 17.8 Å². The normalized spacial score (nSPS) is 10.7. The number of pyridine rings is 1. The molecule has 0 unspecified atom stereocenters. The monoisotopic (exact) mass is 397 g/mol. The van der Waals surface area contributed by atoms with E-state index in [2.05, 4.69) is 43.1 Å². The zero-order valence-electron chi connectivity index (χ0n) is 16.4. The van der Waals surface area contributed by atoms with Crippen molar-refractivity contribution in [3.05, 3.63) is 87.7 Å². The quantitative estimate of drug-likeness (QED) is 0.371. The number of hydrogen-bond acceptors (Lipinski definition) is 4. The number of ether oxygens (including phenoxy) is 3. The highest BCUT2D eigenvalue weighted by Gasteiger charge is 2.11. The van der Waals surface area contributed by atoms with Crippen molar-refractivity contribution in [2.45, 2.75) is 26.9 Å². The Balaban J connectivity index is 1.71. The second-order valence-electron chi connectivity index (χ2n) is 6.63. The van der Waals surface area contributed by atoms with Crippen LogP contribution in [0, 0.1) is 13.8 Å². The Hall–Kier alpha value is -2.56. The van der Waals surface area contributed by atoms with Crippen LogP contribution in [0.5, 0.6) is 11.5 Å². The van der Waals surface area contributed by atoms with Gasteiger partial charge in [0, 0.05) is 19.2 Å². The molecule has 0 aliphatic heterocycles. The van der Waals surface area contributed by atoms with Gasteiger partial charge >= 0.3 is 0 Å². The molecule has 0 aliphatic rings. The molecule has 1 aromatic heterocycles. The van der Waals surface area contributed by atoms with Crippen molar-refractivity contribution in [2.75, 3.05) is 13.9 Å². The third kappa shape index (κ3) is 5.24. The van der Waals surface area contributed by atoms with E-state index in [1.54, 1.807) is 7.11 Å². The molecule has 28 heavy (non-hydrogen) atoms. The van der Waals surface area contributed by atoms with Crippen molar-refractivity contribution >= 4 is 11.6 Å². The molecule has 0 amide bonds. The summed E-state index contributed by atoms with van der Waals surface area (Å²) in [4.78, 5) is 4.46. The van der Waals surface area contributed by atoms with Crippen molar-refractivity contribution in [3.63, 3.8) is 0 Å². The summed E-state index contributed by atoms with van der Waals surface area (Å²) in [6, 6.07) is 18.0. The molecule has 0 saturated carbocycles. The average molecular weight is 398 g/mol. The lowest BCUT2D eigenvalue weighted by Gasteiger charge is -2.14. The van der Waals surface area contributed by atoms with Gasteiger partial charge < -0.3 is 14.2 Å². The number of rotatable bonds is 8. The fraction of sp³-hybridized carbons (Fsp3) is 0.261. The maximum atomic E-state index is 6.22. The van der Waals surface area contributed by atoms with Crippen LogP contribution in [0.3, 0.4) is 0 Å². The number of aromatic nitrogens is 1. The summed E-state index contributed by atoms with van der Waals surface area (Å²) >= 11 is 6.22. The number of hydrogen-bond donors (Lipinski definition) is 0. The average Bonchev–Trinajstić information content (AvgIpc) is 2.69. The first-order chi connectivity index (χ1) is 13.6. The summed E-state index contributed by atoms with van der Waals surface area (Å²) in [7, 11) is 1.56. The fourth-order valence-corrected chi connectivity index (χ4v) is 3.25. The van der Waals surface area contributed by atoms with Crippen molar-refractivity contribution in [1.29, 1.82) is 0 Å². The summed E-state index contributed by atoms with van der Waals surface area (Å²) in [6.45, 7) is 4.88. The Morgan fingerprint density at radius 2 is 1.64 bits per heavy atom. The van der Waals surface area contributed by atoms with Gasteiger partial charge in [-0.15, -0.1) is 0 Å². The van der Waals surface area contributed by atoms with Gasteiger partial charge in [0.05, 0.1) is 0 Å². The van der Waals surface area contributed by atoms with E-state index in [0.717, 1.165) is 17.0 Å². The first-order valence-corrected chi connectivity index (χ1v) is 9.48. The molecule has 0 fully saturated rings. The first kappa shape index (κ1) is 20.2. The van der Waals surface area contributed by atoms with Crippen molar-refractivity contribution in [3.8, 4) is 11.5 Å². The summed E-state index contributed by atoms with van der Waals surface area (Å²) in [6.07, 6.45) is 0.695. The zero-order valence-corrected chi connectivity index (χ0v) is 17.1. The summed E-state index contributed by atoms with van der Waals surface area (Å²) in [5, 5.41) is 0.340. The first-order valence-electron chi connectivity index (χ1n) is 9.11. The maximum absolute atomic E-state index is 6.22. The van der Waals surface area contributed by atoms with Gasteiger partial charge in [-0.05, 0) is 60.4 Å². The lowest BCUT2D eigenvalue weighted by Crippen LogP contribution is -2.03. The van der Waals surface area contributed by atoms with Crippen LogP contribution in [0.4, 0.5) is 0 Å². The number of halogens is 1. The molecule has 1 heterocycles. The van der Waals surface area contributed by atoms with E-state index >= 15 is 0 Å². The van der Waals surface area contributed by atoms with Crippen LogP contribution >= 0.6 is 11.6 Å². The predicted molar refractivity (Wildman–Crippen MR) is 111 cm³/mol. The smallest absolute Gasteiger partial charge is 0.188 e. The second kappa shape index (κ2) is 9.58. The molecule has 2 aromatic carbocycles. The Morgan fingerprint density at radius 3 is 2.29 bits per heavy atom. The number of nitrogens with zero attached hydrogens (tertiary/aromatic N) is 1. The second-order valence-corrected chi connectivity index (χ2v) is 6.99. The lowest BCUT2D eigenvalue weighted by molar-refractivity contribution is 0.0509. The van der Waals surface area contributed by atoms with Crippen molar-refractivity contribution < 1.29 is 14.2 Å². The van der Waals surface area contributed by atoms with Crippen molar-refractivity contribution in [2.24, 2.45) is 0 Å². The minimum Gasteiger partial charge on any atom is -0.489 e. The van der Waals surface area contributed by atoms with Gasteiger partial charge in [0.15, 0.2) is 17.7 Å². The number of methoxy groups -OCH3 is 1. The topological polar surface area (TPSA) is 40.6 Å². The molecular weight excluding hydrogens is 374 g/mol. The lowest BCUT2D eigenvalue weighted by atomic mass is 9.98. The predicted octanol–water partition coefficient (Wildman–Crippen LogP) is 5.50. The Bertz CT molecular complexity index is 905. The van der Waals surface area contributed by atoms with Gasteiger partial charge in [-0.3, -0.25) is 0 Å². The molecule has 0 N–H and O–H groups in total. The van der Waals surface area contributed by atoms with Gasteiger partial charge in [0.25, 0.3) is 0 Å². The molecule has 0 bridgehead atoms. The Labute approximate surface area is 171 Å². The molecule has 0 atom stereocenters. The Morgan fingerprint density at radius 1 is 0.929 bits per heavy atom. The van der Waals surface area contributed by atoms with E-state index < -0.39 is 0 Å². The van der Waals surface area contributed by atoms with E-state index in [0.29, 0.717) is 23.9 Å². The van der Waals surface area contributed by atoms with Crippen LogP contribution in [0.2, 0.25) is 5.15 Å². The largest absolute Gasteiger partial charge is 0.489 e. The van der Waals surface area contributed by atoms with Crippen LogP contribution in [0.25, 0.3) is 0 Å². The highest BCUT2D eigenvalue weighted by molar-refractivity contribution is 6.30. The van der Waals surface area contributed by atoms with Crippen LogP contribution < -0.4 is 9.47 Å². The Kier molecular flexibility index (Phi) is 6.90. The highest BCUT2D eigenvalue weighted by Crippen LogP contribution is 2.27. The molecule has 0 saturated heterocycles. The third-order valence-electron chi connectivity index (χ3n) is 4.48. The third-order valence-corrected chi connectivity index (χ3v) is 4.75. The molecule has 3 rings (SSSR count). The number of aryl methyl sites for hydroxylation is 2. The highest BCUT2D eigenvalue weighted by atomic mass is 35.5. The molecule has 5 heteroatoms. The van der Waals surface area contributed by atoms with E-state index in [9.17, 15) is 0 Å². The van der Waals surface area contributed by atoms with E-state index in [4.69, 9.17) is 25.8 Å². The minimum absolute atomic E-state index is 0.142. The van der Waals surface area contributed by atoms with Crippen LogP contribution in [0.15, 0.2) is 54.6 Å². The molecule has 146 valence electrons. The van der Waals surface area contributed by atoms with Crippen LogP contribution in [0.1, 0.15) is 27.9 Å². The standard InChI is InChI=1S/C23H24ClNO3/c1-16-11-20(27-14-18-7-5-4-6-8-18)12-17(2)21(16)13-19-9-10-22(23(24)25-19)28-15-26-3/h4-12H,13-15H2,1-3H3. The van der Waals surface area contributed by atoms with Crippen LogP contribution in [-0.4, -0.2) is 18.9 Å². The van der Waals surface area contributed by atoms with Gasteiger partial charge in [0.1, 0.15) is 12.4 Å². The zero-order chi connectivity index (χ0) is 19.9. The minimum atomic E-state index is 0.142. The van der Waals surface area contributed by atoms with E-state index in [1.807, 2.05) is 30.3 Å². The fourth-order valence-electron chi connectivity index (χ4n) is 3.03. The van der Waals surface area contributed by atoms with Gasteiger partial charge in [0.2, 0.25) is 0 Å². The molecule has 0 aliphatic carbocycles. The van der Waals surface area contributed by atoms with Gasteiger partial charge in [-0.1, -0.05) is 41.9 Å². The van der Waals surface area contributed by atoms with Gasteiger partial charge in [-0.2, -0.15) is 0 Å². The molecule has 3 aromatic rings. The number of benzene rings is 2. The molecule has 0 spiro atoms. The SMILES string of the molecule is COCOc1ccc(Cc2c(C)cc(OCc3ccccc3)cc2C)nc1Cl. The summed E-state index contributed by atoms with van der Waals surface area (Å²) in [5.41, 5.74) is 5.60. The summed E-state index contributed by atoms with van der Waals surface area (Å²) in [5.74, 6) is 1.39. The van der Waals surface area contributed by atoms with Gasteiger partial charge in [-0.25, -0.2) is 4.98 Å². The van der Waals surface area contributed by atoms with E-state index in [1.165, 1.54) is 16.7 Å². The molecule has 0 radical (unpaired) electrons. The van der Waals surface area contributed by atoms with E-state index in [-0.39, 0.29) is 6.79 Å². The molecular formula is C23H24ClNO3. The van der Waals surface area contributed by atoms with Crippen molar-refractivity contribution in [1.82, 2.24) is 4.98 Å². The maximum Gasteiger partial charge on any atom is 0.188 e. The molecule has 4 nitrogen and oxygen atoms in total.